The number of cyclic esters (lactones) is 1. The Morgan fingerprint density at radius 3 is 2.44 bits per heavy atom. The van der Waals surface area contributed by atoms with Crippen molar-refractivity contribution in [3.63, 3.8) is 0 Å². The fourth-order valence-electron chi connectivity index (χ4n) is 2.61. The first-order valence-corrected chi connectivity index (χ1v) is 8.67. The number of nitrogens with zero attached hydrogens (tertiary/aromatic N) is 1. The zero-order valence-corrected chi connectivity index (χ0v) is 14.9. The molecule has 1 aliphatic heterocycles. The molecule has 0 radical (unpaired) electrons. The second-order valence-electron chi connectivity index (χ2n) is 5.80. The molecule has 0 N–H and O–H groups in total. The van der Waals surface area contributed by atoms with E-state index in [1.54, 1.807) is 24.3 Å². The van der Waals surface area contributed by atoms with E-state index < -0.39 is 5.97 Å². The third-order valence-electron chi connectivity index (χ3n) is 3.87. The van der Waals surface area contributed by atoms with E-state index in [0.29, 0.717) is 16.3 Å². The summed E-state index contributed by atoms with van der Waals surface area (Å²) in [6.07, 6.45) is 1.66. The van der Waals surface area contributed by atoms with Gasteiger partial charge in [-0.3, -0.25) is 0 Å². The quantitative estimate of drug-likeness (QED) is 0.448. The zero-order valence-electron chi connectivity index (χ0n) is 14.1. The lowest BCUT2D eigenvalue weighted by atomic mass is 10.2. The molecule has 0 aliphatic carbocycles. The molecule has 4 nitrogen and oxygen atoms in total. The highest BCUT2D eigenvalue weighted by Crippen LogP contribution is 2.26. The Bertz CT molecular complexity index is 1060. The average molecular weight is 376 g/mol. The van der Waals surface area contributed by atoms with Crippen LogP contribution in [0.2, 0.25) is 5.02 Å². The lowest BCUT2D eigenvalue weighted by Gasteiger charge is -2.05. The predicted octanol–water partition coefficient (Wildman–Crippen LogP) is 5.48. The summed E-state index contributed by atoms with van der Waals surface area (Å²) in [4.78, 5) is 16.5. The topological polar surface area (TPSA) is 47.9 Å². The SMILES string of the molecule is O=C1OC(c2ccccc2Cl)=NC1=Cc1cccc(Oc2ccccc2)c1. The van der Waals surface area contributed by atoms with Crippen LogP contribution in [0.4, 0.5) is 0 Å². The van der Waals surface area contributed by atoms with Crippen LogP contribution >= 0.6 is 11.6 Å². The summed E-state index contributed by atoms with van der Waals surface area (Å²) >= 11 is 6.15. The average Bonchev–Trinajstić information content (AvgIpc) is 3.03. The van der Waals surface area contributed by atoms with Gasteiger partial charge in [-0.25, -0.2) is 9.79 Å². The van der Waals surface area contributed by atoms with Crippen LogP contribution in [0.3, 0.4) is 0 Å². The summed E-state index contributed by atoms with van der Waals surface area (Å²) in [7, 11) is 0. The van der Waals surface area contributed by atoms with E-state index in [-0.39, 0.29) is 11.6 Å². The van der Waals surface area contributed by atoms with Crippen molar-refractivity contribution in [2.45, 2.75) is 0 Å². The van der Waals surface area contributed by atoms with Crippen LogP contribution in [0, 0.1) is 0 Å². The van der Waals surface area contributed by atoms with E-state index in [0.717, 1.165) is 11.3 Å². The fourth-order valence-corrected chi connectivity index (χ4v) is 2.83. The monoisotopic (exact) mass is 375 g/mol. The van der Waals surface area contributed by atoms with Gasteiger partial charge in [0.25, 0.3) is 0 Å². The van der Waals surface area contributed by atoms with Gasteiger partial charge in [-0.15, -0.1) is 0 Å². The van der Waals surface area contributed by atoms with Gasteiger partial charge in [0.1, 0.15) is 11.5 Å². The molecule has 1 aliphatic rings. The Balaban J connectivity index is 1.61. The van der Waals surface area contributed by atoms with Crippen molar-refractivity contribution in [3.05, 3.63) is 101 Å². The number of hydrogen-bond acceptors (Lipinski definition) is 4. The molecule has 0 atom stereocenters. The summed E-state index contributed by atoms with van der Waals surface area (Å²) in [5.41, 5.74) is 1.57. The molecule has 0 amide bonds. The van der Waals surface area contributed by atoms with Crippen molar-refractivity contribution in [1.82, 2.24) is 0 Å². The van der Waals surface area contributed by atoms with Crippen LogP contribution in [0.1, 0.15) is 11.1 Å². The van der Waals surface area contributed by atoms with Crippen molar-refractivity contribution in [1.29, 1.82) is 0 Å². The van der Waals surface area contributed by atoms with Gasteiger partial charge in [0.15, 0.2) is 5.70 Å². The van der Waals surface area contributed by atoms with Crippen LogP contribution in [0.5, 0.6) is 11.5 Å². The van der Waals surface area contributed by atoms with Crippen molar-refractivity contribution >= 4 is 29.5 Å². The minimum Gasteiger partial charge on any atom is -0.457 e. The number of ether oxygens (including phenoxy) is 2. The predicted molar refractivity (Wildman–Crippen MR) is 105 cm³/mol. The minimum atomic E-state index is -0.515. The number of rotatable bonds is 4. The van der Waals surface area contributed by atoms with Gasteiger partial charge < -0.3 is 9.47 Å². The summed E-state index contributed by atoms with van der Waals surface area (Å²) in [5.74, 6) is 1.09. The van der Waals surface area contributed by atoms with Crippen LogP contribution in [0.15, 0.2) is 89.6 Å². The zero-order chi connectivity index (χ0) is 18.6. The highest BCUT2D eigenvalue weighted by Gasteiger charge is 2.25. The Morgan fingerprint density at radius 2 is 1.63 bits per heavy atom. The normalized spacial score (nSPS) is 14.8. The molecule has 1 heterocycles. The number of carbonyl (C=O) groups is 1. The van der Waals surface area contributed by atoms with Crippen molar-refractivity contribution in [2.75, 3.05) is 0 Å². The number of aliphatic imine (C=N–C) groups is 1. The highest BCUT2D eigenvalue weighted by atomic mass is 35.5. The Labute approximate surface area is 161 Å². The Hall–Kier alpha value is -3.37. The molecule has 132 valence electrons. The van der Waals surface area contributed by atoms with Crippen molar-refractivity contribution < 1.29 is 14.3 Å². The molecule has 27 heavy (non-hydrogen) atoms. The third kappa shape index (κ3) is 3.91. The molecule has 0 fully saturated rings. The summed E-state index contributed by atoms with van der Waals surface area (Å²) in [6, 6.07) is 24.0. The van der Waals surface area contributed by atoms with Gasteiger partial charge in [-0.1, -0.05) is 54.1 Å². The lowest BCUT2D eigenvalue weighted by molar-refractivity contribution is -0.129. The maximum absolute atomic E-state index is 12.2. The summed E-state index contributed by atoms with van der Waals surface area (Å²) in [5, 5.41) is 0.476. The number of carbonyl (C=O) groups excluding carboxylic acids is 1. The molecule has 4 rings (SSSR count). The standard InChI is InChI=1S/C22H14ClNO3/c23-19-12-5-4-11-18(19)21-24-20(22(25)27-21)14-15-7-6-10-17(13-15)26-16-8-2-1-3-9-16/h1-14H. The third-order valence-corrected chi connectivity index (χ3v) is 4.19. The van der Waals surface area contributed by atoms with E-state index in [9.17, 15) is 4.79 Å². The van der Waals surface area contributed by atoms with E-state index >= 15 is 0 Å². The van der Waals surface area contributed by atoms with Gasteiger partial charge in [-0.05, 0) is 48.0 Å². The number of para-hydroxylation sites is 1. The first-order chi connectivity index (χ1) is 13.2. The van der Waals surface area contributed by atoms with E-state index in [2.05, 4.69) is 4.99 Å². The van der Waals surface area contributed by atoms with Gasteiger partial charge >= 0.3 is 5.97 Å². The van der Waals surface area contributed by atoms with E-state index in [1.807, 2.05) is 60.7 Å². The van der Waals surface area contributed by atoms with Gasteiger partial charge in [0.2, 0.25) is 5.90 Å². The van der Waals surface area contributed by atoms with E-state index in [4.69, 9.17) is 21.1 Å². The van der Waals surface area contributed by atoms with Crippen molar-refractivity contribution in [3.8, 4) is 11.5 Å². The maximum Gasteiger partial charge on any atom is 0.363 e. The molecule has 0 bridgehead atoms. The number of hydrogen-bond donors (Lipinski definition) is 0. The summed E-state index contributed by atoms with van der Waals surface area (Å²) < 4.78 is 11.1. The first-order valence-electron chi connectivity index (χ1n) is 8.29. The molecule has 0 saturated carbocycles. The number of halogens is 1. The number of benzene rings is 3. The van der Waals surface area contributed by atoms with E-state index in [1.165, 1.54) is 0 Å². The van der Waals surface area contributed by atoms with Crippen LogP contribution < -0.4 is 4.74 Å². The largest absolute Gasteiger partial charge is 0.457 e. The molecular formula is C22H14ClNO3. The molecule has 3 aromatic rings. The van der Waals surface area contributed by atoms with Gasteiger partial charge in [-0.2, -0.15) is 0 Å². The molecular weight excluding hydrogens is 362 g/mol. The molecule has 3 aromatic carbocycles. The first kappa shape index (κ1) is 17.1. The Kier molecular flexibility index (Phi) is 4.73. The molecule has 0 aromatic heterocycles. The lowest BCUT2D eigenvalue weighted by Crippen LogP contribution is -2.05. The highest BCUT2D eigenvalue weighted by molar-refractivity contribution is 6.34. The van der Waals surface area contributed by atoms with Crippen LogP contribution in [-0.4, -0.2) is 11.9 Å². The second kappa shape index (κ2) is 7.48. The van der Waals surface area contributed by atoms with Crippen LogP contribution in [-0.2, 0) is 9.53 Å². The Morgan fingerprint density at radius 1 is 0.889 bits per heavy atom. The smallest absolute Gasteiger partial charge is 0.363 e. The van der Waals surface area contributed by atoms with Crippen LogP contribution in [0.25, 0.3) is 6.08 Å². The molecule has 0 spiro atoms. The second-order valence-corrected chi connectivity index (χ2v) is 6.21. The number of esters is 1. The molecule has 0 saturated heterocycles. The van der Waals surface area contributed by atoms with Crippen molar-refractivity contribution in [2.24, 2.45) is 4.99 Å². The van der Waals surface area contributed by atoms with Gasteiger partial charge in [0.05, 0.1) is 10.6 Å². The minimum absolute atomic E-state index is 0.202. The van der Waals surface area contributed by atoms with Gasteiger partial charge in [0, 0.05) is 0 Å². The maximum atomic E-state index is 12.2. The molecule has 5 heteroatoms. The fraction of sp³-hybridized carbons (Fsp3) is 0. The molecule has 0 unspecified atom stereocenters. The summed E-state index contributed by atoms with van der Waals surface area (Å²) in [6.45, 7) is 0.